The van der Waals surface area contributed by atoms with Crippen molar-refractivity contribution in [2.45, 2.75) is 57.6 Å². The van der Waals surface area contributed by atoms with E-state index in [4.69, 9.17) is 17.4 Å². The van der Waals surface area contributed by atoms with Crippen LogP contribution in [-0.2, 0) is 0 Å². The maximum Gasteiger partial charge on any atom is 0.136 e. The van der Waals surface area contributed by atoms with Gasteiger partial charge in [-0.15, -0.1) is 0 Å². The van der Waals surface area contributed by atoms with E-state index in [2.05, 4.69) is 23.9 Å². The van der Waals surface area contributed by atoms with Crippen LogP contribution in [0.3, 0.4) is 0 Å². The lowest BCUT2D eigenvalue weighted by Crippen LogP contribution is -2.30. The van der Waals surface area contributed by atoms with Gasteiger partial charge in [0.2, 0.25) is 0 Å². The summed E-state index contributed by atoms with van der Waals surface area (Å²) in [5.74, 6) is 0. The van der Waals surface area contributed by atoms with E-state index < -0.39 is 0 Å². The minimum Gasteiger partial charge on any atom is -0.411 e. The molecule has 0 heterocycles. The van der Waals surface area contributed by atoms with Crippen LogP contribution in [0, 0.1) is 0 Å². The number of hydrogen-bond acceptors (Lipinski definition) is 4. The van der Waals surface area contributed by atoms with Crippen molar-refractivity contribution >= 4 is 34.0 Å². The highest BCUT2D eigenvalue weighted by Crippen LogP contribution is 2.27. The lowest BCUT2D eigenvalue weighted by molar-refractivity contribution is 0.315. The second-order valence-electron chi connectivity index (χ2n) is 4.59. The van der Waals surface area contributed by atoms with Crippen molar-refractivity contribution < 1.29 is 5.21 Å². The maximum absolute atomic E-state index is 9.16. The molecule has 0 aromatic rings. The molecule has 1 aliphatic carbocycles. The molecule has 1 aliphatic rings. The number of nitrogens with zero attached hydrogens (tertiary/aromatic N) is 2. The molecular formula is C13H24N2OS2. The third-order valence-corrected chi connectivity index (χ3v) is 5.21. The first-order valence-electron chi connectivity index (χ1n) is 6.89. The molecule has 0 aliphatic heterocycles. The molecule has 0 spiro atoms. The first-order valence-corrected chi connectivity index (χ1v) is 8.18. The maximum atomic E-state index is 9.16. The van der Waals surface area contributed by atoms with Crippen LogP contribution in [0.15, 0.2) is 5.16 Å². The predicted octanol–water partition coefficient (Wildman–Crippen LogP) is 3.90. The second kappa shape index (κ2) is 8.75. The molecule has 1 N–H and O–H groups in total. The van der Waals surface area contributed by atoms with Crippen molar-refractivity contribution in [2.24, 2.45) is 5.16 Å². The standard InChI is InChI=1S/C13H24N2OS2/c1-3-15(4-2)13(17)18-12-10-8-6-5-7-9-11(12)14-16/h12,16H,3-10H2,1-2H3/b14-11+. The fourth-order valence-corrected chi connectivity index (χ4v) is 4.08. The summed E-state index contributed by atoms with van der Waals surface area (Å²) in [5, 5.41) is 12.9. The van der Waals surface area contributed by atoms with Gasteiger partial charge in [0.25, 0.3) is 0 Å². The van der Waals surface area contributed by atoms with Crippen LogP contribution in [0.1, 0.15) is 52.4 Å². The summed E-state index contributed by atoms with van der Waals surface area (Å²) < 4.78 is 0.937. The monoisotopic (exact) mass is 288 g/mol. The third-order valence-electron chi connectivity index (χ3n) is 3.41. The number of rotatable bonds is 3. The Kier molecular flexibility index (Phi) is 7.66. The van der Waals surface area contributed by atoms with Crippen molar-refractivity contribution in [1.82, 2.24) is 4.90 Å². The molecule has 0 aromatic carbocycles. The first kappa shape index (κ1) is 15.8. The van der Waals surface area contributed by atoms with Gasteiger partial charge in [-0.2, -0.15) is 0 Å². The zero-order valence-corrected chi connectivity index (χ0v) is 13.0. The largest absolute Gasteiger partial charge is 0.411 e. The SMILES string of the molecule is CCN(CC)C(=S)SC1CCCCCC/C1=N\O. The molecule has 1 unspecified atom stereocenters. The molecule has 1 saturated carbocycles. The summed E-state index contributed by atoms with van der Waals surface area (Å²) in [4.78, 5) is 2.19. The van der Waals surface area contributed by atoms with Gasteiger partial charge in [0.15, 0.2) is 0 Å². The molecule has 18 heavy (non-hydrogen) atoms. The quantitative estimate of drug-likeness (QED) is 0.485. The molecule has 0 amide bonds. The lowest BCUT2D eigenvalue weighted by atomic mass is 9.99. The number of thiocarbonyl (C=S) groups is 1. The minimum atomic E-state index is 0.267. The average Bonchev–Trinajstić information content (AvgIpc) is 2.34. The van der Waals surface area contributed by atoms with Gasteiger partial charge in [-0.05, 0) is 33.1 Å². The Morgan fingerprint density at radius 1 is 1.33 bits per heavy atom. The highest BCUT2D eigenvalue weighted by molar-refractivity contribution is 8.23. The summed E-state index contributed by atoms with van der Waals surface area (Å²) in [6, 6.07) is 0. The molecule has 3 nitrogen and oxygen atoms in total. The van der Waals surface area contributed by atoms with Crippen molar-refractivity contribution in [2.75, 3.05) is 13.1 Å². The van der Waals surface area contributed by atoms with E-state index in [1.807, 2.05) is 0 Å². The zero-order chi connectivity index (χ0) is 13.4. The molecule has 0 bridgehead atoms. The fourth-order valence-electron chi connectivity index (χ4n) is 2.24. The normalized spacial score (nSPS) is 23.4. The number of oxime groups is 1. The van der Waals surface area contributed by atoms with Crippen LogP contribution in [0.4, 0.5) is 0 Å². The highest BCUT2D eigenvalue weighted by atomic mass is 32.2. The van der Waals surface area contributed by atoms with Gasteiger partial charge in [0.05, 0.1) is 11.0 Å². The molecule has 1 rings (SSSR count). The molecule has 5 heteroatoms. The smallest absolute Gasteiger partial charge is 0.136 e. The van der Waals surface area contributed by atoms with Crippen LogP contribution >= 0.6 is 24.0 Å². The first-order chi connectivity index (χ1) is 8.72. The topological polar surface area (TPSA) is 35.8 Å². The van der Waals surface area contributed by atoms with Gasteiger partial charge in [-0.25, -0.2) is 0 Å². The van der Waals surface area contributed by atoms with Gasteiger partial charge in [0.1, 0.15) is 4.32 Å². The predicted molar refractivity (Wildman–Crippen MR) is 83.8 cm³/mol. The van der Waals surface area contributed by atoms with E-state index >= 15 is 0 Å². The Balaban J connectivity index is 2.62. The second-order valence-corrected chi connectivity index (χ2v) is 6.43. The fraction of sp³-hybridized carbons (Fsp3) is 0.846. The lowest BCUT2D eigenvalue weighted by Gasteiger charge is -2.26. The van der Waals surface area contributed by atoms with Crippen LogP contribution in [0.25, 0.3) is 0 Å². The Bertz CT molecular complexity index is 291. The molecule has 1 atom stereocenters. The Labute approximate surface area is 120 Å². The Morgan fingerprint density at radius 3 is 2.61 bits per heavy atom. The van der Waals surface area contributed by atoms with E-state index in [1.54, 1.807) is 11.8 Å². The van der Waals surface area contributed by atoms with E-state index in [0.717, 1.165) is 42.4 Å². The molecular weight excluding hydrogens is 264 g/mol. The van der Waals surface area contributed by atoms with E-state index in [-0.39, 0.29) is 5.25 Å². The summed E-state index contributed by atoms with van der Waals surface area (Å²) in [7, 11) is 0. The summed E-state index contributed by atoms with van der Waals surface area (Å²) >= 11 is 7.19. The van der Waals surface area contributed by atoms with Crippen molar-refractivity contribution in [3.8, 4) is 0 Å². The Morgan fingerprint density at radius 2 is 2.00 bits per heavy atom. The summed E-state index contributed by atoms with van der Waals surface area (Å²) in [6.45, 7) is 6.13. The van der Waals surface area contributed by atoms with Gasteiger partial charge < -0.3 is 10.1 Å². The van der Waals surface area contributed by atoms with E-state index in [1.165, 1.54) is 19.3 Å². The van der Waals surface area contributed by atoms with E-state index in [9.17, 15) is 0 Å². The van der Waals surface area contributed by atoms with Crippen LogP contribution in [0.2, 0.25) is 0 Å². The minimum absolute atomic E-state index is 0.267. The summed E-state index contributed by atoms with van der Waals surface area (Å²) in [5.41, 5.74) is 0.925. The Hall–Kier alpha value is -0.290. The average molecular weight is 288 g/mol. The van der Waals surface area contributed by atoms with Crippen molar-refractivity contribution in [3.63, 3.8) is 0 Å². The number of thioether (sulfide) groups is 1. The molecule has 0 saturated heterocycles. The molecule has 0 aromatic heterocycles. The molecule has 104 valence electrons. The van der Waals surface area contributed by atoms with Gasteiger partial charge in [-0.3, -0.25) is 0 Å². The summed E-state index contributed by atoms with van der Waals surface area (Å²) in [6.07, 6.45) is 6.86. The van der Waals surface area contributed by atoms with Gasteiger partial charge in [0, 0.05) is 13.1 Å². The van der Waals surface area contributed by atoms with E-state index in [0.29, 0.717) is 0 Å². The van der Waals surface area contributed by atoms with Crippen molar-refractivity contribution in [1.29, 1.82) is 0 Å². The van der Waals surface area contributed by atoms with Gasteiger partial charge >= 0.3 is 0 Å². The molecule has 1 fully saturated rings. The van der Waals surface area contributed by atoms with Gasteiger partial charge in [-0.1, -0.05) is 48.4 Å². The van der Waals surface area contributed by atoms with Crippen molar-refractivity contribution in [3.05, 3.63) is 0 Å². The third kappa shape index (κ3) is 4.76. The van der Waals surface area contributed by atoms with Crippen LogP contribution in [-0.4, -0.2) is 38.5 Å². The number of hydrogen-bond donors (Lipinski definition) is 1. The zero-order valence-electron chi connectivity index (χ0n) is 11.4. The highest BCUT2D eigenvalue weighted by Gasteiger charge is 2.22. The van der Waals surface area contributed by atoms with Crippen LogP contribution in [0.5, 0.6) is 0 Å². The van der Waals surface area contributed by atoms with Crippen LogP contribution < -0.4 is 0 Å². The molecule has 0 radical (unpaired) electrons.